The predicted octanol–water partition coefficient (Wildman–Crippen LogP) is 4.61. The molecular formula is C25H30F3N3O. The maximum absolute atomic E-state index is 12.8. The van der Waals surface area contributed by atoms with E-state index in [1.807, 2.05) is 23.1 Å². The number of likely N-dealkylation sites (tertiary alicyclic amines) is 2. The number of nitrogens with zero attached hydrogens (tertiary/aromatic N) is 2. The summed E-state index contributed by atoms with van der Waals surface area (Å²) in [5.41, 5.74) is 7.54. The molecule has 32 heavy (non-hydrogen) atoms. The number of piperidine rings is 1. The first kappa shape index (κ1) is 22.8. The van der Waals surface area contributed by atoms with Gasteiger partial charge in [0, 0.05) is 25.6 Å². The maximum Gasteiger partial charge on any atom is 0.416 e. The minimum atomic E-state index is -4.34. The molecule has 0 radical (unpaired) electrons. The standard InChI is InChI=1S/C25H30F3N3O/c26-25(27,28)21-8-6-19(7-9-21)17-31-18-24(16-23(31)32)11-14-30(15-12-24)13-10-22(29)20-4-2-1-3-5-20/h1-9,22H,10-18,29H2/t22-/m0/s1. The molecule has 1 amide bonds. The molecule has 2 aromatic carbocycles. The fourth-order valence-electron chi connectivity index (χ4n) is 4.92. The Hall–Kier alpha value is -2.38. The Balaban J connectivity index is 1.27. The molecular weight excluding hydrogens is 415 g/mol. The molecule has 2 aromatic rings. The molecule has 2 saturated heterocycles. The van der Waals surface area contributed by atoms with E-state index >= 15 is 0 Å². The van der Waals surface area contributed by atoms with Crippen LogP contribution in [0.2, 0.25) is 0 Å². The lowest BCUT2D eigenvalue weighted by molar-refractivity contribution is -0.137. The third-order valence-electron chi connectivity index (χ3n) is 6.96. The van der Waals surface area contributed by atoms with Crippen LogP contribution in [0.25, 0.3) is 0 Å². The molecule has 2 heterocycles. The van der Waals surface area contributed by atoms with Crippen molar-refractivity contribution >= 4 is 5.91 Å². The molecule has 2 fully saturated rings. The van der Waals surface area contributed by atoms with E-state index in [-0.39, 0.29) is 17.4 Å². The van der Waals surface area contributed by atoms with Gasteiger partial charge in [0.25, 0.3) is 0 Å². The van der Waals surface area contributed by atoms with Crippen molar-refractivity contribution in [2.24, 2.45) is 11.1 Å². The lowest BCUT2D eigenvalue weighted by Gasteiger charge is -2.39. The first-order valence-corrected chi connectivity index (χ1v) is 11.2. The smallest absolute Gasteiger partial charge is 0.338 e. The van der Waals surface area contributed by atoms with E-state index in [1.165, 1.54) is 12.1 Å². The highest BCUT2D eigenvalue weighted by Gasteiger charge is 2.44. The van der Waals surface area contributed by atoms with Crippen LogP contribution in [-0.4, -0.2) is 41.9 Å². The van der Waals surface area contributed by atoms with Crippen molar-refractivity contribution in [2.75, 3.05) is 26.2 Å². The van der Waals surface area contributed by atoms with E-state index in [1.54, 1.807) is 0 Å². The molecule has 2 aliphatic rings. The summed E-state index contributed by atoms with van der Waals surface area (Å²) >= 11 is 0. The van der Waals surface area contributed by atoms with Crippen molar-refractivity contribution in [3.8, 4) is 0 Å². The molecule has 0 saturated carbocycles. The van der Waals surface area contributed by atoms with Crippen LogP contribution in [0, 0.1) is 5.41 Å². The van der Waals surface area contributed by atoms with Crippen LogP contribution in [0.1, 0.15) is 48.4 Å². The topological polar surface area (TPSA) is 49.6 Å². The normalized spacial score (nSPS) is 20.1. The highest BCUT2D eigenvalue weighted by Crippen LogP contribution is 2.41. The summed E-state index contributed by atoms with van der Waals surface area (Å²) < 4.78 is 38.3. The van der Waals surface area contributed by atoms with E-state index in [4.69, 9.17) is 5.73 Å². The highest BCUT2D eigenvalue weighted by molar-refractivity contribution is 5.79. The molecule has 1 atom stereocenters. The third kappa shape index (κ3) is 5.33. The van der Waals surface area contributed by atoms with E-state index in [0.29, 0.717) is 19.5 Å². The number of carbonyl (C=O) groups excluding carboxylic acids is 1. The summed E-state index contributed by atoms with van der Waals surface area (Å²) in [5.74, 6) is 0.101. The van der Waals surface area contributed by atoms with Crippen LogP contribution in [0.5, 0.6) is 0 Å². The zero-order chi connectivity index (χ0) is 22.8. The number of benzene rings is 2. The second-order valence-electron chi connectivity index (χ2n) is 9.27. The molecule has 4 nitrogen and oxygen atoms in total. The van der Waals surface area contributed by atoms with Crippen molar-refractivity contribution in [2.45, 2.75) is 44.4 Å². The monoisotopic (exact) mass is 445 g/mol. The van der Waals surface area contributed by atoms with Gasteiger partial charge in [0.15, 0.2) is 0 Å². The Labute approximate surface area is 187 Å². The van der Waals surface area contributed by atoms with Crippen molar-refractivity contribution in [3.05, 3.63) is 71.3 Å². The third-order valence-corrected chi connectivity index (χ3v) is 6.96. The van der Waals surface area contributed by atoms with Gasteiger partial charge >= 0.3 is 6.18 Å². The Bertz CT molecular complexity index is 906. The molecule has 2 aliphatic heterocycles. The summed E-state index contributed by atoms with van der Waals surface area (Å²) in [6.45, 7) is 3.89. The second kappa shape index (κ2) is 9.24. The molecule has 4 rings (SSSR count). The predicted molar refractivity (Wildman–Crippen MR) is 118 cm³/mol. The summed E-state index contributed by atoms with van der Waals surface area (Å²) in [4.78, 5) is 16.9. The van der Waals surface area contributed by atoms with Gasteiger partial charge in [-0.05, 0) is 67.6 Å². The van der Waals surface area contributed by atoms with Gasteiger partial charge in [-0.3, -0.25) is 4.79 Å². The Morgan fingerprint density at radius 3 is 2.28 bits per heavy atom. The number of carbonyl (C=O) groups is 1. The van der Waals surface area contributed by atoms with Crippen LogP contribution >= 0.6 is 0 Å². The lowest BCUT2D eigenvalue weighted by atomic mass is 9.77. The van der Waals surface area contributed by atoms with Crippen molar-refractivity contribution in [1.29, 1.82) is 0 Å². The highest BCUT2D eigenvalue weighted by atomic mass is 19.4. The minimum Gasteiger partial charge on any atom is -0.338 e. The van der Waals surface area contributed by atoms with E-state index in [0.717, 1.165) is 62.2 Å². The van der Waals surface area contributed by atoms with Gasteiger partial charge in [-0.15, -0.1) is 0 Å². The van der Waals surface area contributed by atoms with Gasteiger partial charge in [0.05, 0.1) is 5.56 Å². The zero-order valence-electron chi connectivity index (χ0n) is 18.2. The van der Waals surface area contributed by atoms with Crippen LogP contribution in [0.4, 0.5) is 13.2 Å². The number of rotatable bonds is 6. The van der Waals surface area contributed by atoms with E-state index in [9.17, 15) is 18.0 Å². The number of hydrogen-bond donors (Lipinski definition) is 1. The van der Waals surface area contributed by atoms with Gasteiger partial charge in [-0.25, -0.2) is 0 Å². The molecule has 0 aliphatic carbocycles. The average molecular weight is 446 g/mol. The first-order chi connectivity index (χ1) is 15.2. The summed E-state index contributed by atoms with van der Waals surface area (Å²) in [5, 5.41) is 0. The summed E-state index contributed by atoms with van der Waals surface area (Å²) in [6.07, 6.45) is -0.988. The number of halogens is 3. The SMILES string of the molecule is N[C@@H](CCN1CCC2(CC1)CC(=O)N(Cc1ccc(C(F)(F)F)cc1)C2)c1ccccc1. The van der Waals surface area contributed by atoms with E-state index < -0.39 is 11.7 Å². The van der Waals surface area contributed by atoms with Crippen molar-refractivity contribution < 1.29 is 18.0 Å². The minimum absolute atomic E-state index is 0.0129. The fourth-order valence-corrected chi connectivity index (χ4v) is 4.92. The van der Waals surface area contributed by atoms with Crippen LogP contribution in [0.3, 0.4) is 0 Å². The second-order valence-corrected chi connectivity index (χ2v) is 9.27. The average Bonchev–Trinajstić information content (AvgIpc) is 3.08. The number of nitrogens with two attached hydrogens (primary N) is 1. The van der Waals surface area contributed by atoms with Crippen molar-refractivity contribution in [1.82, 2.24) is 9.80 Å². The zero-order valence-corrected chi connectivity index (χ0v) is 18.2. The molecule has 0 aromatic heterocycles. The molecule has 0 unspecified atom stereocenters. The van der Waals surface area contributed by atoms with Gasteiger partial charge in [0.1, 0.15) is 0 Å². The first-order valence-electron chi connectivity index (χ1n) is 11.2. The van der Waals surface area contributed by atoms with Gasteiger partial charge in [-0.2, -0.15) is 13.2 Å². The van der Waals surface area contributed by atoms with Gasteiger partial charge < -0.3 is 15.5 Å². The lowest BCUT2D eigenvalue weighted by Crippen LogP contribution is -2.42. The number of hydrogen-bond acceptors (Lipinski definition) is 3. The van der Waals surface area contributed by atoms with Gasteiger partial charge in [-0.1, -0.05) is 42.5 Å². The Morgan fingerprint density at radius 2 is 1.66 bits per heavy atom. The van der Waals surface area contributed by atoms with Crippen LogP contribution < -0.4 is 5.73 Å². The molecule has 2 N–H and O–H groups in total. The van der Waals surface area contributed by atoms with Gasteiger partial charge in [0.2, 0.25) is 5.91 Å². The van der Waals surface area contributed by atoms with Crippen LogP contribution in [0.15, 0.2) is 54.6 Å². The van der Waals surface area contributed by atoms with E-state index in [2.05, 4.69) is 17.0 Å². The molecule has 0 bridgehead atoms. The summed E-state index contributed by atoms with van der Waals surface area (Å²) in [6, 6.07) is 15.3. The summed E-state index contributed by atoms with van der Waals surface area (Å²) in [7, 11) is 0. The van der Waals surface area contributed by atoms with Crippen LogP contribution in [-0.2, 0) is 17.5 Å². The largest absolute Gasteiger partial charge is 0.416 e. The maximum atomic E-state index is 12.8. The fraction of sp³-hybridized carbons (Fsp3) is 0.480. The van der Waals surface area contributed by atoms with Crippen molar-refractivity contribution in [3.63, 3.8) is 0 Å². The number of alkyl halides is 3. The Morgan fingerprint density at radius 1 is 1.00 bits per heavy atom. The number of amides is 1. The molecule has 172 valence electrons. The Kier molecular flexibility index (Phi) is 6.58. The quantitative estimate of drug-likeness (QED) is 0.707. The molecule has 1 spiro atoms. The molecule has 7 heteroatoms.